The number of nitrogens with zero attached hydrogens (tertiary/aromatic N) is 2. The lowest BCUT2D eigenvalue weighted by Gasteiger charge is -2.36. The van der Waals surface area contributed by atoms with E-state index in [4.69, 9.17) is 10.5 Å². The second-order valence-electron chi connectivity index (χ2n) is 4.07. The lowest BCUT2D eigenvalue weighted by Crippen LogP contribution is -2.43. The summed E-state index contributed by atoms with van der Waals surface area (Å²) in [6, 6.07) is 0. The Kier molecular flexibility index (Phi) is 2.82. The van der Waals surface area contributed by atoms with Crippen molar-refractivity contribution in [1.29, 1.82) is 0 Å². The molecule has 0 amide bonds. The average molecular weight is 224 g/mol. The van der Waals surface area contributed by atoms with Crippen LogP contribution in [0.4, 0.5) is 11.6 Å². The van der Waals surface area contributed by atoms with Crippen LogP contribution in [0.2, 0.25) is 0 Å². The number of nitrogens with one attached hydrogen (secondary N) is 1. The van der Waals surface area contributed by atoms with Gasteiger partial charge < -0.3 is 20.9 Å². The molecule has 1 aromatic rings. The third-order valence-electron chi connectivity index (χ3n) is 2.90. The van der Waals surface area contributed by atoms with Crippen LogP contribution < -0.4 is 15.8 Å². The first kappa shape index (κ1) is 10.9. The highest BCUT2D eigenvalue weighted by atomic mass is 16.5. The fourth-order valence-corrected chi connectivity index (χ4v) is 1.72. The van der Waals surface area contributed by atoms with Crippen molar-refractivity contribution in [2.45, 2.75) is 24.9 Å². The van der Waals surface area contributed by atoms with E-state index < -0.39 is 5.60 Å². The average Bonchev–Trinajstić information content (AvgIpc) is 2.24. The van der Waals surface area contributed by atoms with Crippen molar-refractivity contribution in [1.82, 2.24) is 9.97 Å². The molecule has 0 aromatic carbocycles. The van der Waals surface area contributed by atoms with Crippen LogP contribution in [-0.4, -0.2) is 34.3 Å². The van der Waals surface area contributed by atoms with E-state index in [1.54, 1.807) is 0 Å². The maximum absolute atomic E-state index is 9.93. The summed E-state index contributed by atoms with van der Waals surface area (Å²) in [7, 11) is 1.51. The van der Waals surface area contributed by atoms with Gasteiger partial charge in [-0.15, -0.1) is 0 Å². The molecule has 0 saturated heterocycles. The molecule has 1 aliphatic rings. The van der Waals surface area contributed by atoms with Crippen LogP contribution in [0.15, 0.2) is 6.33 Å². The van der Waals surface area contributed by atoms with Gasteiger partial charge in [0.1, 0.15) is 6.33 Å². The molecule has 4 N–H and O–H groups in total. The number of methoxy groups -OCH3 is 1. The molecule has 16 heavy (non-hydrogen) atoms. The number of rotatable bonds is 4. The van der Waals surface area contributed by atoms with Crippen LogP contribution in [0.5, 0.6) is 5.75 Å². The van der Waals surface area contributed by atoms with Gasteiger partial charge in [0.05, 0.1) is 12.7 Å². The predicted octanol–water partition coefficient (Wildman–Crippen LogP) is 0.394. The Hall–Kier alpha value is -1.56. The Labute approximate surface area is 93.9 Å². The smallest absolute Gasteiger partial charge is 0.203 e. The lowest BCUT2D eigenvalue weighted by molar-refractivity contribution is -0.0202. The van der Waals surface area contributed by atoms with E-state index in [1.807, 2.05) is 0 Å². The second kappa shape index (κ2) is 4.13. The number of ether oxygens (including phenoxy) is 1. The van der Waals surface area contributed by atoms with Crippen molar-refractivity contribution in [2.24, 2.45) is 0 Å². The van der Waals surface area contributed by atoms with Crippen molar-refractivity contribution >= 4 is 11.6 Å². The van der Waals surface area contributed by atoms with Crippen molar-refractivity contribution in [3.8, 4) is 5.75 Å². The summed E-state index contributed by atoms with van der Waals surface area (Å²) >= 11 is 0. The van der Waals surface area contributed by atoms with Crippen LogP contribution in [0.3, 0.4) is 0 Å². The molecule has 6 nitrogen and oxygen atoms in total. The highest BCUT2D eigenvalue weighted by Gasteiger charge is 2.34. The molecule has 1 aromatic heterocycles. The molecule has 0 atom stereocenters. The molecule has 1 fully saturated rings. The Morgan fingerprint density at radius 2 is 2.31 bits per heavy atom. The molecule has 1 saturated carbocycles. The minimum Gasteiger partial charge on any atom is -0.490 e. The highest BCUT2D eigenvalue weighted by Crippen LogP contribution is 2.33. The van der Waals surface area contributed by atoms with Gasteiger partial charge in [-0.25, -0.2) is 9.97 Å². The van der Waals surface area contributed by atoms with Crippen LogP contribution in [0.25, 0.3) is 0 Å². The van der Waals surface area contributed by atoms with E-state index in [1.165, 1.54) is 13.4 Å². The van der Waals surface area contributed by atoms with Gasteiger partial charge in [-0.2, -0.15) is 0 Å². The monoisotopic (exact) mass is 224 g/mol. The molecule has 0 aliphatic heterocycles. The molecule has 0 radical (unpaired) electrons. The highest BCUT2D eigenvalue weighted by molar-refractivity contribution is 5.61. The van der Waals surface area contributed by atoms with Crippen molar-refractivity contribution in [3.05, 3.63) is 6.33 Å². The first-order chi connectivity index (χ1) is 7.64. The van der Waals surface area contributed by atoms with E-state index >= 15 is 0 Å². The fourth-order valence-electron chi connectivity index (χ4n) is 1.72. The largest absolute Gasteiger partial charge is 0.490 e. The Bertz CT molecular complexity index is 379. The van der Waals surface area contributed by atoms with E-state index in [2.05, 4.69) is 15.3 Å². The second-order valence-corrected chi connectivity index (χ2v) is 4.07. The van der Waals surface area contributed by atoms with Gasteiger partial charge in [0, 0.05) is 6.54 Å². The van der Waals surface area contributed by atoms with Crippen molar-refractivity contribution in [3.63, 3.8) is 0 Å². The van der Waals surface area contributed by atoms with Crippen LogP contribution in [-0.2, 0) is 0 Å². The molecule has 0 unspecified atom stereocenters. The van der Waals surface area contributed by atoms with Crippen LogP contribution >= 0.6 is 0 Å². The molecule has 2 rings (SSSR count). The van der Waals surface area contributed by atoms with Crippen LogP contribution in [0.1, 0.15) is 19.3 Å². The van der Waals surface area contributed by atoms with Gasteiger partial charge in [-0.3, -0.25) is 0 Å². The Balaban J connectivity index is 2.06. The topological polar surface area (TPSA) is 93.3 Å². The molecule has 88 valence electrons. The van der Waals surface area contributed by atoms with Crippen LogP contribution in [0, 0.1) is 0 Å². The predicted molar refractivity (Wildman–Crippen MR) is 60.3 cm³/mol. The number of anilines is 2. The summed E-state index contributed by atoms with van der Waals surface area (Å²) < 4.78 is 5.10. The number of aromatic nitrogens is 2. The summed E-state index contributed by atoms with van der Waals surface area (Å²) in [6.45, 7) is 0.458. The number of nitrogens with two attached hydrogens (primary N) is 1. The molecular weight excluding hydrogens is 208 g/mol. The quantitative estimate of drug-likeness (QED) is 0.685. The Morgan fingerprint density at radius 3 is 2.88 bits per heavy atom. The molecule has 0 spiro atoms. The normalized spacial score (nSPS) is 17.6. The van der Waals surface area contributed by atoms with Gasteiger partial charge >= 0.3 is 0 Å². The Morgan fingerprint density at radius 1 is 1.56 bits per heavy atom. The number of hydrogen-bond donors (Lipinski definition) is 3. The summed E-state index contributed by atoms with van der Waals surface area (Å²) in [5.74, 6) is 1.24. The summed E-state index contributed by atoms with van der Waals surface area (Å²) in [5, 5.41) is 13.0. The minimum absolute atomic E-state index is 0.292. The molecule has 6 heteroatoms. The fraction of sp³-hybridized carbons (Fsp3) is 0.600. The zero-order valence-electron chi connectivity index (χ0n) is 9.23. The first-order valence-corrected chi connectivity index (χ1v) is 5.25. The van der Waals surface area contributed by atoms with Crippen molar-refractivity contribution in [2.75, 3.05) is 24.7 Å². The summed E-state index contributed by atoms with van der Waals surface area (Å²) in [4.78, 5) is 7.86. The third kappa shape index (κ3) is 2.01. The van der Waals surface area contributed by atoms with E-state index in [9.17, 15) is 5.11 Å². The summed E-state index contributed by atoms with van der Waals surface area (Å²) in [6.07, 6.45) is 4.08. The van der Waals surface area contributed by atoms with Crippen molar-refractivity contribution < 1.29 is 9.84 Å². The van der Waals surface area contributed by atoms with E-state index in [0.29, 0.717) is 23.9 Å². The minimum atomic E-state index is -0.606. The molecular formula is C10H16N4O2. The number of aliphatic hydroxyl groups is 1. The van der Waals surface area contributed by atoms with Gasteiger partial charge in [0.25, 0.3) is 0 Å². The van der Waals surface area contributed by atoms with E-state index in [0.717, 1.165) is 19.3 Å². The molecule has 1 heterocycles. The zero-order chi connectivity index (χ0) is 11.6. The van der Waals surface area contributed by atoms with E-state index in [-0.39, 0.29) is 0 Å². The van der Waals surface area contributed by atoms with Gasteiger partial charge in [-0.1, -0.05) is 0 Å². The van der Waals surface area contributed by atoms with Gasteiger partial charge in [0.2, 0.25) is 5.75 Å². The standard InChI is InChI=1S/C10H16N4O2/c1-16-7-8(11)13-6-14-9(7)12-5-10(15)3-2-4-10/h6,15H,2-5H2,1H3,(H3,11,12,13,14). The van der Waals surface area contributed by atoms with Gasteiger partial charge in [0.15, 0.2) is 11.6 Å². The molecule has 1 aliphatic carbocycles. The lowest BCUT2D eigenvalue weighted by atomic mass is 9.80. The molecule has 0 bridgehead atoms. The maximum atomic E-state index is 9.93. The number of hydrogen-bond acceptors (Lipinski definition) is 6. The first-order valence-electron chi connectivity index (χ1n) is 5.25. The third-order valence-corrected chi connectivity index (χ3v) is 2.90. The van der Waals surface area contributed by atoms with Gasteiger partial charge in [-0.05, 0) is 19.3 Å². The zero-order valence-corrected chi connectivity index (χ0v) is 9.23. The maximum Gasteiger partial charge on any atom is 0.203 e. The SMILES string of the molecule is COc1c(N)ncnc1NCC1(O)CCC1. The number of nitrogen functional groups attached to an aromatic ring is 1. The summed E-state index contributed by atoms with van der Waals surface area (Å²) in [5.41, 5.74) is 5.03.